The summed E-state index contributed by atoms with van der Waals surface area (Å²) in [6.07, 6.45) is 1.07. The van der Waals surface area contributed by atoms with Gasteiger partial charge in [-0.25, -0.2) is 0 Å². The van der Waals surface area contributed by atoms with Crippen molar-refractivity contribution in [2.75, 3.05) is 13.2 Å². The van der Waals surface area contributed by atoms with Crippen molar-refractivity contribution in [1.29, 1.82) is 0 Å². The van der Waals surface area contributed by atoms with Crippen LogP contribution in [0.5, 0.6) is 0 Å². The fourth-order valence-corrected chi connectivity index (χ4v) is 2.92. The van der Waals surface area contributed by atoms with Crippen molar-refractivity contribution in [3.05, 3.63) is 71.8 Å². The number of ether oxygens (including phenoxy) is 2. The number of carbonyl (C=O) groups excluding carboxylic acids is 2. The van der Waals surface area contributed by atoms with Gasteiger partial charge in [-0.15, -0.1) is 0 Å². The molecule has 0 bridgehead atoms. The highest BCUT2D eigenvalue weighted by Gasteiger charge is 2.07. The van der Waals surface area contributed by atoms with E-state index in [1.165, 1.54) is 0 Å². The second-order valence-electron chi connectivity index (χ2n) is 6.35. The first-order valence-electron chi connectivity index (χ1n) is 9.71. The van der Waals surface area contributed by atoms with E-state index in [0.29, 0.717) is 12.8 Å². The first-order valence-corrected chi connectivity index (χ1v) is 10.7. The minimum absolute atomic E-state index is 0.103. The highest BCUT2D eigenvalue weighted by Crippen LogP contribution is 2.05. The van der Waals surface area contributed by atoms with Crippen LogP contribution in [-0.2, 0) is 52.0 Å². The highest BCUT2D eigenvalue weighted by molar-refractivity contribution is 7.75. The lowest BCUT2D eigenvalue weighted by Crippen LogP contribution is -2.10. The number of benzene rings is 2. The summed E-state index contributed by atoms with van der Waals surface area (Å²) >= 11 is -1.92. The molecule has 0 atom stereocenters. The summed E-state index contributed by atoms with van der Waals surface area (Å²) in [6.45, 7) is 0.658. The summed E-state index contributed by atoms with van der Waals surface area (Å²) in [6, 6.07) is 18.8. The molecule has 0 aliphatic rings. The van der Waals surface area contributed by atoms with Crippen molar-refractivity contribution in [2.24, 2.45) is 0 Å². The van der Waals surface area contributed by atoms with Gasteiger partial charge in [0.2, 0.25) is 0 Å². The fraction of sp³-hybridized carbons (Fsp3) is 0.364. The maximum absolute atomic E-state index is 11.7. The molecule has 2 rings (SSSR count). The van der Waals surface area contributed by atoms with E-state index in [1.54, 1.807) is 0 Å². The molecule has 0 aromatic heterocycles. The van der Waals surface area contributed by atoms with E-state index in [0.717, 1.165) is 11.1 Å². The molecule has 0 heterocycles. The topological polar surface area (TPSA) is 88.1 Å². The number of hydrogen-bond acceptors (Lipinski definition) is 7. The molecule has 0 N–H and O–H groups in total. The van der Waals surface area contributed by atoms with Crippen LogP contribution in [0.15, 0.2) is 60.7 Å². The van der Waals surface area contributed by atoms with Gasteiger partial charge >= 0.3 is 23.3 Å². The van der Waals surface area contributed by atoms with Gasteiger partial charge in [0, 0.05) is 12.8 Å². The number of hydrogen-bond donors (Lipinski definition) is 0. The maximum Gasteiger partial charge on any atom is 0.306 e. The molecule has 0 fully saturated rings. The number of rotatable bonds is 14. The molecule has 0 saturated carbocycles. The Bertz CT molecular complexity index is 715. The zero-order valence-electron chi connectivity index (χ0n) is 16.7. The molecule has 0 unspecified atom stereocenters. The van der Waals surface area contributed by atoms with E-state index in [4.69, 9.17) is 17.8 Å². The zero-order valence-corrected chi connectivity index (χ0v) is 17.5. The van der Waals surface area contributed by atoms with Crippen LogP contribution in [-0.4, -0.2) is 29.4 Å². The maximum atomic E-state index is 11.7. The van der Waals surface area contributed by atoms with E-state index < -0.39 is 11.4 Å². The van der Waals surface area contributed by atoms with Crippen LogP contribution in [0, 0.1) is 0 Å². The normalized spacial score (nSPS) is 10.7. The molecule has 2 aromatic rings. The molecule has 0 amide bonds. The van der Waals surface area contributed by atoms with Gasteiger partial charge in [0.25, 0.3) is 0 Å². The van der Waals surface area contributed by atoms with Gasteiger partial charge in [0.15, 0.2) is 0 Å². The van der Waals surface area contributed by atoms with Crippen LogP contribution in [0.2, 0.25) is 0 Å². The van der Waals surface area contributed by atoms with Gasteiger partial charge in [-0.2, -0.15) is 4.21 Å². The van der Waals surface area contributed by atoms with Gasteiger partial charge in [0.1, 0.15) is 13.2 Å². The Kier molecular flexibility index (Phi) is 11.4. The summed E-state index contributed by atoms with van der Waals surface area (Å²) in [5.74, 6) is -0.689. The Morgan fingerprint density at radius 1 is 0.667 bits per heavy atom. The molecule has 7 nitrogen and oxygen atoms in total. The van der Waals surface area contributed by atoms with Crippen molar-refractivity contribution in [3.8, 4) is 0 Å². The smallest absolute Gasteiger partial charge is 0.306 e. The molecule has 0 saturated heterocycles. The van der Waals surface area contributed by atoms with Gasteiger partial charge in [-0.3, -0.25) is 18.0 Å². The molecule has 0 aliphatic carbocycles. The summed E-state index contributed by atoms with van der Waals surface area (Å²) in [7, 11) is 0. The average molecular weight is 435 g/mol. The average Bonchev–Trinajstić information content (AvgIpc) is 2.78. The van der Waals surface area contributed by atoms with E-state index in [9.17, 15) is 13.8 Å². The van der Waals surface area contributed by atoms with Crippen molar-refractivity contribution in [2.45, 2.75) is 38.9 Å². The van der Waals surface area contributed by atoms with Crippen LogP contribution in [0.3, 0.4) is 0 Å². The highest BCUT2D eigenvalue weighted by atomic mass is 32.2. The summed E-state index contributed by atoms with van der Waals surface area (Å²) in [5.41, 5.74) is 1.83. The third kappa shape index (κ3) is 10.8. The minimum atomic E-state index is -1.92. The van der Waals surface area contributed by atoms with Crippen LogP contribution >= 0.6 is 0 Å². The van der Waals surface area contributed by atoms with Crippen LogP contribution < -0.4 is 0 Å². The summed E-state index contributed by atoms with van der Waals surface area (Å²) in [4.78, 5) is 23.3. The van der Waals surface area contributed by atoms with Gasteiger partial charge in [-0.05, 0) is 24.0 Å². The predicted octanol–water partition coefficient (Wildman–Crippen LogP) is 3.65. The van der Waals surface area contributed by atoms with Gasteiger partial charge in [-0.1, -0.05) is 60.7 Å². The van der Waals surface area contributed by atoms with Crippen molar-refractivity contribution < 1.29 is 31.6 Å². The Balaban J connectivity index is 1.43. The van der Waals surface area contributed by atoms with E-state index in [2.05, 4.69) is 0 Å². The molecule has 2 aromatic carbocycles. The Labute approximate surface area is 179 Å². The number of carbonyl (C=O) groups is 2. The lowest BCUT2D eigenvalue weighted by molar-refractivity contribution is -0.146. The second-order valence-corrected chi connectivity index (χ2v) is 7.23. The predicted molar refractivity (Wildman–Crippen MR) is 111 cm³/mol. The number of esters is 2. The SMILES string of the molecule is O=C(CCCOS(=O)OCCCC(=O)OCc1ccccc1)OCc1ccccc1. The second kappa shape index (κ2) is 14.4. The molecular weight excluding hydrogens is 408 g/mol. The molecule has 8 heteroatoms. The van der Waals surface area contributed by atoms with Gasteiger partial charge < -0.3 is 9.47 Å². The molecule has 0 aliphatic heterocycles. The lowest BCUT2D eigenvalue weighted by Gasteiger charge is -2.06. The third-order valence-corrected chi connectivity index (χ3v) is 4.61. The van der Waals surface area contributed by atoms with Crippen molar-refractivity contribution >= 4 is 23.3 Å². The van der Waals surface area contributed by atoms with Crippen LogP contribution in [0.1, 0.15) is 36.8 Å². The largest absolute Gasteiger partial charge is 0.461 e. The summed E-state index contributed by atoms with van der Waals surface area (Å²) < 4.78 is 31.9. The molecular formula is C22H26O7S. The van der Waals surface area contributed by atoms with Crippen LogP contribution in [0.4, 0.5) is 0 Å². The van der Waals surface area contributed by atoms with Crippen LogP contribution in [0.25, 0.3) is 0 Å². The van der Waals surface area contributed by atoms with Crippen molar-refractivity contribution in [3.63, 3.8) is 0 Å². The molecule has 30 heavy (non-hydrogen) atoms. The summed E-state index contributed by atoms with van der Waals surface area (Å²) in [5, 5.41) is 0. The fourth-order valence-electron chi connectivity index (χ4n) is 2.34. The van der Waals surface area contributed by atoms with Crippen molar-refractivity contribution in [1.82, 2.24) is 0 Å². The Hall–Kier alpha value is -2.55. The lowest BCUT2D eigenvalue weighted by atomic mass is 10.2. The zero-order chi connectivity index (χ0) is 21.4. The Morgan fingerprint density at radius 2 is 1.07 bits per heavy atom. The minimum Gasteiger partial charge on any atom is -0.461 e. The first kappa shape index (κ1) is 23.7. The monoisotopic (exact) mass is 434 g/mol. The third-order valence-electron chi connectivity index (χ3n) is 3.89. The molecule has 0 radical (unpaired) electrons. The first-order chi connectivity index (χ1) is 14.6. The standard InChI is InChI=1S/C22H26O7S/c23-21(26-17-19-9-3-1-4-10-19)13-7-15-28-30(25)29-16-8-14-22(24)27-18-20-11-5-2-6-12-20/h1-6,9-12H,7-8,13-18H2. The molecule has 162 valence electrons. The molecule has 0 spiro atoms. The van der Waals surface area contributed by atoms with E-state index in [1.807, 2.05) is 60.7 Å². The van der Waals surface area contributed by atoms with E-state index in [-0.39, 0.29) is 51.2 Å². The van der Waals surface area contributed by atoms with E-state index >= 15 is 0 Å². The van der Waals surface area contributed by atoms with Gasteiger partial charge in [0.05, 0.1) is 13.2 Å². The Morgan fingerprint density at radius 3 is 1.47 bits per heavy atom. The quantitative estimate of drug-likeness (QED) is 0.331.